The molecule has 1 aromatic heterocycles. The van der Waals surface area contributed by atoms with Crippen molar-refractivity contribution in [3.63, 3.8) is 0 Å². The molecule has 0 bridgehead atoms. The molecule has 3 rings (SSSR count). The molecular weight excluding hydrogens is 568 g/mol. The van der Waals surface area contributed by atoms with Gasteiger partial charge >= 0.3 is 0 Å². The zero-order valence-electron chi connectivity index (χ0n) is 15.3. The van der Waals surface area contributed by atoms with Crippen LogP contribution in [-0.2, 0) is 25.7 Å². The van der Waals surface area contributed by atoms with Crippen LogP contribution in [0.15, 0.2) is 47.0 Å². The zero-order chi connectivity index (χ0) is 19.2. The number of methoxy groups -OCH3 is 2. The van der Waals surface area contributed by atoms with Crippen LogP contribution >= 0.6 is 45.2 Å². The molecule has 6 heteroatoms. The normalized spacial score (nSPS) is 10.8. The van der Waals surface area contributed by atoms with Crippen LogP contribution in [0.1, 0.15) is 22.6 Å². The fourth-order valence-electron chi connectivity index (χ4n) is 2.86. The van der Waals surface area contributed by atoms with Crippen molar-refractivity contribution in [2.24, 2.45) is 0 Å². The number of rotatable bonds is 8. The highest BCUT2D eigenvalue weighted by Crippen LogP contribution is 2.23. The molecule has 4 nitrogen and oxygen atoms in total. The maximum Gasteiger partial charge on any atom is 0.137 e. The molecule has 0 aliphatic rings. The van der Waals surface area contributed by atoms with Gasteiger partial charge in [0.2, 0.25) is 0 Å². The van der Waals surface area contributed by atoms with E-state index in [-0.39, 0.29) is 0 Å². The second-order valence-electron chi connectivity index (χ2n) is 6.22. The first-order chi connectivity index (χ1) is 13.1. The summed E-state index contributed by atoms with van der Waals surface area (Å²) in [5, 5.41) is 4.22. The monoisotopic (exact) mass is 589 g/mol. The smallest absolute Gasteiger partial charge is 0.137 e. The lowest BCUT2D eigenvalue weighted by Crippen LogP contribution is -1.94. The van der Waals surface area contributed by atoms with Crippen LogP contribution in [0.5, 0.6) is 11.5 Å². The Bertz CT molecular complexity index is 836. The number of hydrogen-bond acceptors (Lipinski definition) is 4. The fraction of sp³-hybridized carbons (Fsp3) is 0.286. The van der Waals surface area contributed by atoms with Crippen LogP contribution in [-0.4, -0.2) is 19.4 Å². The lowest BCUT2D eigenvalue weighted by Gasteiger charge is -2.05. The maximum absolute atomic E-state index is 5.51. The van der Waals surface area contributed by atoms with Crippen molar-refractivity contribution in [3.05, 3.63) is 72.2 Å². The Morgan fingerprint density at radius 1 is 0.778 bits per heavy atom. The SMILES string of the molecule is COc1ccc(CCc2cc(CCc3ccc(OC)c(I)c3)on2)cc1I. The molecule has 0 radical (unpaired) electrons. The number of halogens is 2. The minimum Gasteiger partial charge on any atom is -0.496 e. The van der Waals surface area contributed by atoms with E-state index in [0.717, 1.165) is 55.8 Å². The van der Waals surface area contributed by atoms with E-state index in [0.29, 0.717) is 0 Å². The van der Waals surface area contributed by atoms with Crippen molar-refractivity contribution in [2.45, 2.75) is 25.7 Å². The van der Waals surface area contributed by atoms with E-state index in [1.165, 1.54) is 11.1 Å². The summed E-state index contributed by atoms with van der Waals surface area (Å²) in [4.78, 5) is 0. The fourth-order valence-corrected chi connectivity index (χ4v) is 4.46. The van der Waals surface area contributed by atoms with Crippen molar-refractivity contribution in [1.82, 2.24) is 5.16 Å². The van der Waals surface area contributed by atoms with E-state index in [9.17, 15) is 0 Å². The number of hydrogen-bond donors (Lipinski definition) is 0. The Hall–Kier alpha value is -1.29. The third kappa shape index (κ3) is 5.60. The average Bonchev–Trinajstić information content (AvgIpc) is 3.13. The van der Waals surface area contributed by atoms with E-state index >= 15 is 0 Å². The van der Waals surface area contributed by atoms with E-state index in [1.807, 2.05) is 12.1 Å². The van der Waals surface area contributed by atoms with E-state index in [4.69, 9.17) is 14.0 Å². The Labute approximate surface area is 186 Å². The Balaban J connectivity index is 1.54. The van der Waals surface area contributed by atoms with Crippen molar-refractivity contribution in [2.75, 3.05) is 14.2 Å². The quantitative estimate of drug-likeness (QED) is 0.327. The second kappa shape index (κ2) is 9.77. The summed E-state index contributed by atoms with van der Waals surface area (Å²) in [5.41, 5.74) is 3.55. The molecule has 27 heavy (non-hydrogen) atoms. The first kappa shape index (κ1) is 20.4. The molecule has 0 N–H and O–H groups in total. The Morgan fingerprint density at radius 3 is 1.85 bits per heavy atom. The van der Waals surface area contributed by atoms with Crippen molar-refractivity contribution >= 4 is 45.2 Å². The molecule has 0 fully saturated rings. The van der Waals surface area contributed by atoms with E-state index in [2.05, 4.69) is 80.7 Å². The average molecular weight is 589 g/mol. The first-order valence-electron chi connectivity index (χ1n) is 8.68. The molecule has 0 atom stereocenters. The van der Waals surface area contributed by atoms with Gasteiger partial charge in [-0.15, -0.1) is 0 Å². The number of aryl methyl sites for hydroxylation is 4. The summed E-state index contributed by atoms with van der Waals surface area (Å²) in [6.07, 6.45) is 3.57. The van der Waals surface area contributed by atoms with E-state index in [1.54, 1.807) is 14.2 Å². The molecule has 0 unspecified atom stereocenters. The molecule has 0 saturated heterocycles. The van der Waals surface area contributed by atoms with Gasteiger partial charge in [-0.25, -0.2) is 0 Å². The summed E-state index contributed by atoms with van der Waals surface area (Å²) in [6, 6.07) is 14.6. The predicted octanol–water partition coefficient (Wildman–Crippen LogP) is 5.47. The summed E-state index contributed by atoms with van der Waals surface area (Å²) >= 11 is 4.60. The van der Waals surface area contributed by atoms with Gasteiger partial charge in [0, 0.05) is 12.5 Å². The van der Waals surface area contributed by atoms with Gasteiger partial charge in [-0.1, -0.05) is 17.3 Å². The van der Waals surface area contributed by atoms with Gasteiger partial charge < -0.3 is 14.0 Å². The molecule has 1 heterocycles. The van der Waals surface area contributed by atoms with Crippen LogP contribution < -0.4 is 9.47 Å². The van der Waals surface area contributed by atoms with Gasteiger partial charge in [-0.2, -0.15) is 0 Å². The molecule has 0 spiro atoms. The highest BCUT2D eigenvalue weighted by molar-refractivity contribution is 14.1. The van der Waals surface area contributed by atoms with Crippen LogP contribution in [0.25, 0.3) is 0 Å². The number of benzene rings is 2. The number of nitrogens with zero attached hydrogens (tertiary/aromatic N) is 1. The van der Waals surface area contributed by atoms with Crippen LogP contribution in [0.2, 0.25) is 0 Å². The largest absolute Gasteiger partial charge is 0.496 e. The molecule has 0 saturated carbocycles. The molecule has 142 valence electrons. The summed E-state index contributed by atoms with van der Waals surface area (Å²) in [7, 11) is 3.39. The van der Waals surface area contributed by atoms with Gasteiger partial charge in [0.15, 0.2) is 0 Å². The van der Waals surface area contributed by atoms with Gasteiger partial charge in [0.25, 0.3) is 0 Å². The standard InChI is InChI=1S/C21H21I2NO3/c1-25-20-9-5-14(11-18(20)22)3-7-16-13-17(27-24-16)8-4-15-6-10-21(26-2)19(23)12-15/h5-6,9-13H,3-4,7-8H2,1-2H3. The van der Waals surface area contributed by atoms with Crippen LogP contribution in [0.3, 0.4) is 0 Å². The van der Waals surface area contributed by atoms with Gasteiger partial charge in [0.1, 0.15) is 17.3 Å². The number of aromatic nitrogens is 1. The molecule has 0 aliphatic heterocycles. The van der Waals surface area contributed by atoms with Gasteiger partial charge in [-0.3, -0.25) is 0 Å². The van der Waals surface area contributed by atoms with Crippen molar-refractivity contribution in [1.29, 1.82) is 0 Å². The highest BCUT2D eigenvalue weighted by Gasteiger charge is 2.08. The van der Waals surface area contributed by atoms with Crippen LogP contribution in [0.4, 0.5) is 0 Å². The molecular formula is C21H21I2NO3. The van der Waals surface area contributed by atoms with Crippen LogP contribution in [0, 0.1) is 7.14 Å². The van der Waals surface area contributed by atoms with E-state index < -0.39 is 0 Å². The third-order valence-electron chi connectivity index (χ3n) is 4.37. The minimum absolute atomic E-state index is 0.843. The maximum atomic E-state index is 5.51. The predicted molar refractivity (Wildman–Crippen MR) is 123 cm³/mol. The van der Waals surface area contributed by atoms with Gasteiger partial charge in [-0.05, 0) is 99.8 Å². The highest BCUT2D eigenvalue weighted by atomic mass is 127. The van der Waals surface area contributed by atoms with Crippen molar-refractivity contribution in [3.8, 4) is 11.5 Å². The topological polar surface area (TPSA) is 44.5 Å². The summed E-state index contributed by atoms with van der Waals surface area (Å²) < 4.78 is 18.4. The molecule has 0 aliphatic carbocycles. The summed E-state index contributed by atoms with van der Waals surface area (Å²) in [5.74, 6) is 2.76. The van der Waals surface area contributed by atoms with Crippen molar-refractivity contribution < 1.29 is 14.0 Å². The first-order valence-corrected chi connectivity index (χ1v) is 10.8. The minimum atomic E-state index is 0.843. The molecule has 0 amide bonds. The lowest BCUT2D eigenvalue weighted by molar-refractivity contribution is 0.377. The Kier molecular flexibility index (Phi) is 7.40. The Morgan fingerprint density at radius 2 is 1.33 bits per heavy atom. The molecule has 2 aromatic carbocycles. The summed E-state index contributed by atoms with van der Waals surface area (Å²) in [6.45, 7) is 0. The second-order valence-corrected chi connectivity index (χ2v) is 8.55. The number of ether oxygens (including phenoxy) is 2. The van der Waals surface area contributed by atoms with Gasteiger partial charge in [0.05, 0.1) is 27.1 Å². The lowest BCUT2D eigenvalue weighted by atomic mass is 10.1. The third-order valence-corrected chi connectivity index (χ3v) is 6.06. The molecule has 3 aromatic rings. The zero-order valence-corrected chi connectivity index (χ0v) is 19.6.